The van der Waals surface area contributed by atoms with E-state index in [0.717, 1.165) is 16.6 Å². The van der Waals surface area contributed by atoms with Gasteiger partial charge in [-0.15, -0.1) is 0 Å². The Kier molecular flexibility index (Phi) is 3.63. The van der Waals surface area contributed by atoms with Crippen LogP contribution >= 0.6 is 11.6 Å². The van der Waals surface area contributed by atoms with Crippen LogP contribution in [0.1, 0.15) is 15.9 Å². The van der Waals surface area contributed by atoms with Gasteiger partial charge in [0.1, 0.15) is 0 Å². The molecule has 0 aliphatic rings. The predicted octanol–water partition coefficient (Wildman–Crippen LogP) is 5.11. The number of rotatable bonds is 3. The highest BCUT2D eigenvalue weighted by molar-refractivity contribution is 6.32. The highest BCUT2D eigenvalue weighted by Gasteiger charge is 2.21. The largest absolute Gasteiger partial charge is 0.353 e. The number of hydrogen-bond acceptors (Lipinski definition) is 2. The summed E-state index contributed by atoms with van der Waals surface area (Å²) < 4.78 is 0. The molecule has 2 aromatic heterocycles. The van der Waals surface area contributed by atoms with Crippen molar-refractivity contribution in [2.45, 2.75) is 0 Å². The Morgan fingerprint density at radius 1 is 0.958 bits per heavy atom. The Balaban J connectivity index is 2.01. The average molecular weight is 333 g/mol. The molecule has 0 amide bonds. The van der Waals surface area contributed by atoms with Crippen LogP contribution in [0, 0.1) is 0 Å². The van der Waals surface area contributed by atoms with Crippen LogP contribution in [0.3, 0.4) is 0 Å². The lowest BCUT2D eigenvalue weighted by molar-refractivity contribution is 0.104. The first-order chi connectivity index (χ1) is 11.7. The number of H-pyrrole nitrogens is 1. The first-order valence-electron chi connectivity index (χ1n) is 7.56. The smallest absolute Gasteiger partial charge is 0.195 e. The number of carbonyl (C=O) groups is 1. The number of aromatic amines is 1. The normalized spacial score (nSPS) is 10.9. The zero-order valence-corrected chi connectivity index (χ0v) is 13.4. The molecule has 1 N–H and O–H groups in total. The molecular weight excluding hydrogens is 320 g/mol. The summed E-state index contributed by atoms with van der Waals surface area (Å²) in [5.41, 5.74) is 3.53. The number of hydrogen-bond donors (Lipinski definition) is 1. The van der Waals surface area contributed by atoms with Crippen LogP contribution in [-0.2, 0) is 0 Å². The van der Waals surface area contributed by atoms with Gasteiger partial charge >= 0.3 is 0 Å². The highest BCUT2D eigenvalue weighted by Crippen LogP contribution is 2.32. The molecule has 0 radical (unpaired) electrons. The standard InChI is InChI=1S/C20H13ClN2O/c21-14-9-10-16-15(12-14)18(20(24)13-6-2-1-3-7-13)19(23-16)17-8-4-5-11-22-17/h1-12,23H. The fourth-order valence-electron chi connectivity index (χ4n) is 2.84. The van der Waals surface area contributed by atoms with Crippen LogP contribution in [0.2, 0.25) is 5.02 Å². The van der Waals surface area contributed by atoms with Gasteiger partial charge in [-0.1, -0.05) is 48.0 Å². The summed E-state index contributed by atoms with van der Waals surface area (Å²) >= 11 is 6.16. The van der Waals surface area contributed by atoms with E-state index in [-0.39, 0.29) is 5.78 Å². The molecular formula is C20H13ClN2O. The zero-order valence-electron chi connectivity index (χ0n) is 12.7. The molecule has 0 bridgehead atoms. The van der Waals surface area contributed by atoms with Crippen molar-refractivity contribution >= 4 is 28.3 Å². The molecule has 2 aromatic carbocycles. The molecule has 0 aliphatic heterocycles. The predicted molar refractivity (Wildman–Crippen MR) is 96.4 cm³/mol. The number of carbonyl (C=O) groups excluding carboxylic acids is 1. The summed E-state index contributed by atoms with van der Waals surface area (Å²) in [5.74, 6) is -0.0511. The molecule has 0 spiro atoms. The zero-order chi connectivity index (χ0) is 16.5. The molecule has 116 valence electrons. The molecule has 0 fully saturated rings. The lowest BCUT2D eigenvalue weighted by atomic mass is 9.99. The third-order valence-electron chi connectivity index (χ3n) is 3.94. The molecule has 24 heavy (non-hydrogen) atoms. The first-order valence-corrected chi connectivity index (χ1v) is 7.94. The van der Waals surface area contributed by atoms with E-state index in [1.807, 2.05) is 60.7 Å². The van der Waals surface area contributed by atoms with Crippen molar-refractivity contribution in [3.05, 3.63) is 89.1 Å². The van der Waals surface area contributed by atoms with E-state index in [9.17, 15) is 4.79 Å². The van der Waals surface area contributed by atoms with Gasteiger partial charge in [0.15, 0.2) is 5.78 Å². The van der Waals surface area contributed by atoms with Gasteiger partial charge in [-0.05, 0) is 30.3 Å². The van der Waals surface area contributed by atoms with Crippen molar-refractivity contribution in [1.29, 1.82) is 0 Å². The quantitative estimate of drug-likeness (QED) is 0.529. The van der Waals surface area contributed by atoms with Gasteiger partial charge in [-0.2, -0.15) is 0 Å². The van der Waals surface area contributed by atoms with Crippen LogP contribution < -0.4 is 0 Å². The summed E-state index contributed by atoms with van der Waals surface area (Å²) in [7, 11) is 0. The molecule has 0 saturated carbocycles. The Morgan fingerprint density at radius 3 is 2.50 bits per heavy atom. The van der Waals surface area contributed by atoms with Crippen LogP contribution in [0.5, 0.6) is 0 Å². The lowest BCUT2D eigenvalue weighted by Crippen LogP contribution is -2.02. The number of ketones is 1. The SMILES string of the molecule is O=C(c1ccccc1)c1c(-c2ccccn2)[nH]c2ccc(Cl)cc12. The molecule has 3 nitrogen and oxygen atoms in total. The van der Waals surface area contributed by atoms with E-state index in [1.54, 1.807) is 12.3 Å². The molecule has 0 saturated heterocycles. The summed E-state index contributed by atoms with van der Waals surface area (Å²) in [6.07, 6.45) is 1.71. The highest BCUT2D eigenvalue weighted by atomic mass is 35.5. The second-order valence-electron chi connectivity index (χ2n) is 5.48. The van der Waals surface area contributed by atoms with Crippen molar-refractivity contribution in [3.8, 4) is 11.4 Å². The van der Waals surface area contributed by atoms with E-state index in [1.165, 1.54) is 0 Å². The number of pyridine rings is 1. The minimum Gasteiger partial charge on any atom is -0.353 e. The molecule has 4 rings (SSSR count). The Hall–Kier alpha value is -2.91. The minimum absolute atomic E-state index is 0.0511. The summed E-state index contributed by atoms with van der Waals surface area (Å²) in [5, 5.41) is 1.40. The molecule has 4 heteroatoms. The fraction of sp³-hybridized carbons (Fsp3) is 0. The van der Waals surface area contributed by atoms with Crippen molar-refractivity contribution < 1.29 is 4.79 Å². The molecule has 0 unspecified atom stereocenters. The summed E-state index contributed by atoms with van der Waals surface area (Å²) in [6.45, 7) is 0. The number of fused-ring (bicyclic) bond motifs is 1. The minimum atomic E-state index is -0.0511. The Morgan fingerprint density at radius 2 is 1.75 bits per heavy atom. The van der Waals surface area contributed by atoms with Gasteiger partial charge in [0.2, 0.25) is 0 Å². The first kappa shape index (κ1) is 14.7. The third-order valence-corrected chi connectivity index (χ3v) is 4.18. The van der Waals surface area contributed by atoms with E-state index in [4.69, 9.17) is 11.6 Å². The van der Waals surface area contributed by atoms with Gasteiger partial charge in [0, 0.05) is 27.7 Å². The second kappa shape index (κ2) is 5.95. The van der Waals surface area contributed by atoms with Crippen molar-refractivity contribution in [2.75, 3.05) is 0 Å². The monoisotopic (exact) mass is 332 g/mol. The van der Waals surface area contributed by atoms with Crippen LogP contribution in [0.15, 0.2) is 72.9 Å². The molecule has 4 aromatic rings. The summed E-state index contributed by atoms with van der Waals surface area (Å²) in [4.78, 5) is 20.8. The molecule has 2 heterocycles. The van der Waals surface area contributed by atoms with E-state index >= 15 is 0 Å². The van der Waals surface area contributed by atoms with Gasteiger partial charge in [0.25, 0.3) is 0 Å². The maximum atomic E-state index is 13.1. The number of nitrogens with zero attached hydrogens (tertiary/aromatic N) is 1. The van der Waals surface area contributed by atoms with Crippen molar-refractivity contribution in [2.24, 2.45) is 0 Å². The second-order valence-corrected chi connectivity index (χ2v) is 5.91. The van der Waals surface area contributed by atoms with Crippen LogP contribution in [0.4, 0.5) is 0 Å². The van der Waals surface area contributed by atoms with Crippen molar-refractivity contribution in [3.63, 3.8) is 0 Å². The van der Waals surface area contributed by atoms with Crippen molar-refractivity contribution in [1.82, 2.24) is 9.97 Å². The maximum absolute atomic E-state index is 13.1. The number of aromatic nitrogens is 2. The molecule has 0 aliphatic carbocycles. The van der Waals surface area contributed by atoms with Crippen LogP contribution in [0.25, 0.3) is 22.3 Å². The fourth-order valence-corrected chi connectivity index (χ4v) is 3.01. The van der Waals surface area contributed by atoms with E-state index in [0.29, 0.717) is 21.8 Å². The average Bonchev–Trinajstić information content (AvgIpc) is 3.01. The lowest BCUT2D eigenvalue weighted by Gasteiger charge is -2.04. The van der Waals surface area contributed by atoms with E-state index in [2.05, 4.69) is 9.97 Å². The van der Waals surface area contributed by atoms with Gasteiger partial charge in [-0.3, -0.25) is 9.78 Å². The Labute approximate surface area is 143 Å². The van der Waals surface area contributed by atoms with Crippen LogP contribution in [-0.4, -0.2) is 15.8 Å². The topological polar surface area (TPSA) is 45.8 Å². The van der Waals surface area contributed by atoms with Gasteiger partial charge in [-0.25, -0.2) is 0 Å². The van der Waals surface area contributed by atoms with E-state index < -0.39 is 0 Å². The maximum Gasteiger partial charge on any atom is 0.195 e. The van der Waals surface area contributed by atoms with Gasteiger partial charge in [0.05, 0.1) is 17.0 Å². The third kappa shape index (κ3) is 2.49. The number of nitrogens with one attached hydrogen (secondary N) is 1. The Bertz CT molecular complexity index is 1020. The number of benzene rings is 2. The molecule has 0 atom stereocenters. The number of halogens is 1. The van der Waals surface area contributed by atoms with Gasteiger partial charge < -0.3 is 4.98 Å². The summed E-state index contributed by atoms with van der Waals surface area (Å²) in [6, 6.07) is 20.4.